The molecule has 0 saturated carbocycles. The van der Waals surface area contributed by atoms with Gasteiger partial charge in [-0.15, -0.1) is 0 Å². The van der Waals surface area contributed by atoms with Gasteiger partial charge in [0, 0.05) is 5.56 Å². The second kappa shape index (κ2) is 3.19. The van der Waals surface area contributed by atoms with Crippen LogP contribution in [0.1, 0.15) is 18.9 Å². The summed E-state index contributed by atoms with van der Waals surface area (Å²) in [6.45, 7) is 2.13. The molecule has 0 fully saturated rings. The highest BCUT2D eigenvalue weighted by atomic mass is 32.2. The van der Waals surface area contributed by atoms with E-state index in [2.05, 4.69) is 28.2 Å². The maximum atomic E-state index is 4.31. The molecule has 0 aliphatic carbocycles. The molecule has 0 aromatic heterocycles. The van der Waals surface area contributed by atoms with Crippen molar-refractivity contribution in [3.63, 3.8) is 0 Å². The van der Waals surface area contributed by atoms with Crippen LogP contribution in [-0.2, 0) is 0 Å². The minimum absolute atomic E-state index is 0.992. The van der Waals surface area contributed by atoms with Gasteiger partial charge in [0.1, 0.15) is 0 Å². The van der Waals surface area contributed by atoms with Crippen molar-refractivity contribution in [1.29, 1.82) is 0 Å². The minimum atomic E-state index is 0.992. The van der Waals surface area contributed by atoms with E-state index < -0.39 is 0 Å². The molecule has 1 heterocycles. The number of benzene rings is 1. The number of rotatable bonds is 1. The lowest BCUT2D eigenvalue weighted by atomic mass is 10.1. The predicted molar refractivity (Wildman–Crippen MR) is 54.5 cm³/mol. The highest BCUT2D eigenvalue weighted by Crippen LogP contribution is 2.26. The Morgan fingerprint density at radius 3 is 3.08 bits per heavy atom. The van der Waals surface area contributed by atoms with Crippen molar-refractivity contribution in [2.45, 2.75) is 13.3 Å². The van der Waals surface area contributed by atoms with Crippen molar-refractivity contribution >= 4 is 23.5 Å². The Morgan fingerprint density at radius 2 is 2.25 bits per heavy atom. The van der Waals surface area contributed by atoms with Crippen LogP contribution in [0.2, 0.25) is 0 Å². The second-order valence-electron chi connectivity index (χ2n) is 2.63. The van der Waals surface area contributed by atoms with E-state index in [1.54, 1.807) is 0 Å². The molecule has 3 heteroatoms. The maximum absolute atomic E-state index is 4.31. The molecule has 1 aromatic rings. The lowest BCUT2D eigenvalue weighted by molar-refractivity contribution is 1.28. The van der Waals surface area contributed by atoms with Gasteiger partial charge in [-0.3, -0.25) is 0 Å². The van der Waals surface area contributed by atoms with Gasteiger partial charge in [0.05, 0.1) is 23.5 Å². The Morgan fingerprint density at radius 1 is 1.42 bits per heavy atom. The fraction of sp³-hybridized carbons (Fsp3) is 0.222. The number of nitrogens with one attached hydrogen (secondary N) is 1. The zero-order valence-corrected chi connectivity index (χ0v) is 7.69. The van der Waals surface area contributed by atoms with Gasteiger partial charge in [-0.25, -0.2) is 0 Å². The quantitative estimate of drug-likeness (QED) is 0.669. The van der Waals surface area contributed by atoms with E-state index in [-0.39, 0.29) is 0 Å². The zero-order chi connectivity index (χ0) is 8.39. The Hall–Kier alpha value is -0.960. The van der Waals surface area contributed by atoms with E-state index in [0.717, 1.165) is 6.42 Å². The third kappa shape index (κ3) is 1.20. The summed E-state index contributed by atoms with van der Waals surface area (Å²) in [4.78, 5) is 0. The summed E-state index contributed by atoms with van der Waals surface area (Å²) in [5.74, 6) is 0. The first-order chi connectivity index (χ1) is 5.92. The Balaban J connectivity index is 2.48. The van der Waals surface area contributed by atoms with E-state index in [1.807, 2.05) is 12.1 Å². The lowest BCUT2D eigenvalue weighted by Gasteiger charge is -2.15. The van der Waals surface area contributed by atoms with Crippen LogP contribution in [0.4, 0.5) is 5.69 Å². The van der Waals surface area contributed by atoms with Gasteiger partial charge in [-0.2, -0.15) is 4.40 Å². The third-order valence-corrected chi connectivity index (χ3v) is 2.51. The number of fused-ring (bicyclic) bond motifs is 1. The van der Waals surface area contributed by atoms with Gasteiger partial charge >= 0.3 is 0 Å². The number of nitrogens with zero attached hydrogens (tertiary/aromatic N) is 1. The Bertz CT molecular complexity index is 320. The normalized spacial score (nSPS) is 14.6. The van der Waals surface area contributed by atoms with Crippen molar-refractivity contribution in [3.05, 3.63) is 29.8 Å². The maximum Gasteiger partial charge on any atom is 0.0904 e. The first kappa shape index (κ1) is 7.68. The molecule has 1 aromatic carbocycles. The highest BCUT2D eigenvalue weighted by molar-refractivity contribution is 7.99. The summed E-state index contributed by atoms with van der Waals surface area (Å²) in [6.07, 6.45) is 0.992. The molecule has 0 atom stereocenters. The van der Waals surface area contributed by atoms with Gasteiger partial charge < -0.3 is 4.72 Å². The predicted octanol–water partition coefficient (Wildman–Crippen LogP) is 2.87. The summed E-state index contributed by atoms with van der Waals surface area (Å²) in [5.41, 5.74) is 3.59. The van der Waals surface area contributed by atoms with Crippen LogP contribution in [0.15, 0.2) is 28.7 Å². The molecule has 0 radical (unpaired) electrons. The van der Waals surface area contributed by atoms with Crippen LogP contribution in [0.5, 0.6) is 0 Å². The Labute approximate surface area is 76.4 Å². The molecule has 12 heavy (non-hydrogen) atoms. The Kier molecular flexibility index (Phi) is 2.04. The molecule has 2 rings (SSSR count). The monoisotopic (exact) mass is 178 g/mol. The molecule has 1 aliphatic heterocycles. The van der Waals surface area contributed by atoms with Crippen molar-refractivity contribution in [2.24, 2.45) is 4.40 Å². The molecule has 2 nitrogen and oxygen atoms in total. The van der Waals surface area contributed by atoms with Crippen LogP contribution in [0, 0.1) is 0 Å². The average molecular weight is 178 g/mol. The van der Waals surface area contributed by atoms with E-state index in [1.165, 1.54) is 29.1 Å². The van der Waals surface area contributed by atoms with Crippen LogP contribution in [0.3, 0.4) is 0 Å². The van der Waals surface area contributed by atoms with Crippen molar-refractivity contribution in [2.75, 3.05) is 4.72 Å². The van der Waals surface area contributed by atoms with E-state index >= 15 is 0 Å². The fourth-order valence-electron chi connectivity index (χ4n) is 1.26. The molecule has 1 aliphatic rings. The van der Waals surface area contributed by atoms with E-state index in [9.17, 15) is 0 Å². The van der Waals surface area contributed by atoms with Crippen LogP contribution < -0.4 is 4.72 Å². The zero-order valence-electron chi connectivity index (χ0n) is 6.87. The summed E-state index contributed by atoms with van der Waals surface area (Å²) in [5, 5.41) is 0. The average Bonchev–Trinajstić information content (AvgIpc) is 2.17. The van der Waals surface area contributed by atoms with Crippen molar-refractivity contribution in [1.82, 2.24) is 0 Å². The number of para-hydroxylation sites is 1. The molecule has 0 unspecified atom stereocenters. The molecule has 62 valence electrons. The van der Waals surface area contributed by atoms with Gasteiger partial charge in [0.25, 0.3) is 0 Å². The fourth-order valence-corrected chi connectivity index (χ4v) is 1.91. The number of hydrogen-bond acceptors (Lipinski definition) is 3. The highest BCUT2D eigenvalue weighted by Gasteiger charge is 2.10. The van der Waals surface area contributed by atoms with Gasteiger partial charge in [0.2, 0.25) is 0 Å². The summed E-state index contributed by atoms with van der Waals surface area (Å²) >= 11 is 1.41. The van der Waals surface area contributed by atoms with Crippen LogP contribution >= 0.6 is 12.1 Å². The summed E-state index contributed by atoms with van der Waals surface area (Å²) in [7, 11) is 0. The van der Waals surface area contributed by atoms with Crippen molar-refractivity contribution < 1.29 is 0 Å². The van der Waals surface area contributed by atoms with Gasteiger partial charge in [0.15, 0.2) is 0 Å². The molecular formula is C9H10N2S. The summed E-state index contributed by atoms with van der Waals surface area (Å²) < 4.78 is 7.47. The van der Waals surface area contributed by atoms with E-state index in [0.29, 0.717) is 0 Å². The SMILES string of the molecule is CCC1=NSNc2ccccc21. The molecule has 0 amide bonds. The van der Waals surface area contributed by atoms with Gasteiger partial charge in [-0.05, 0) is 12.5 Å². The van der Waals surface area contributed by atoms with Gasteiger partial charge in [-0.1, -0.05) is 25.1 Å². The minimum Gasteiger partial charge on any atom is -0.310 e. The van der Waals surface area contributed by atoms with E-state index in [4.69, 9.17) is 0 Å². The first-order valence-corrected chi connectivity index (χ1v) is 4.77. The molecule has 0 spiro atoms. The number of hydrogen-bond donors (Lipinski definition) is 1. The smallest absolute Gasteiger partial charge is 0.0904 e. The number of anilines is 1. The molecule has 0 bridgehead atoms. The van der Waals surface area contributed by atoms with Crippen LogP contribution in [0.25, 0.3) is 0 Å². The standard InChI is InChI=1S/C9H10N2S/c1-2-8-7-5-3-4-6-9(7)11-12-10-8/h3-6,11H,2H2,1H3. The molecule has 1 N–H and O–H groups in total. The molecular weight excluding hydrogens is 168 g/mol. The summed E-state index contributed by atoms with van der Waals surface area (Å²) in [6, 6.07) is 8.25. The van der Waals surface area contributed by atoms with Crippen LogP contribution in [-0.4, -0.2) is 5.71 Å². The topological polar surface area (TPSA) is 24.4 Å². The first-order valence-electron chi connectivity index (χ1n) is 4.00. The molecule has 0 saturated heterocycles. The largest absolute Gasteiger partial charge is 0.310 e. The lowest BCUT2D eigenvalue weighted by Crippen LogP contribution is -2.06. The van der Waals surface area contributed by atoms with Crippen molar-refractivity contribution in [3.8, 4) is 0 Å². The third-order valence-electron chi connectivity index (χ3n) is 1.88. The second-order valence-corrected chi connectivity index (χ2v) is 3.20.